The summed E-state index contributed by atoms with van der Waals surface area (Å²) in [5, 5.41) is 14.1. The average molecular weight is 275 g/mol. The quantitative estimate of drug-likeness (QED) is 0.671. The number of morpholine rings is 1. The molecule has 0 spiro atoms. The van der Waals surface area contributed by atoms with Gasteiger partial charge >= 0.3 is 5.69 Å². The van der Waals surface area contributed by atoms with E-state index in [2.05, 4.69) is 5.32 Å². The number of nitrogens with zero attached hydrogens (tertiary/aromatic N) is 1. The summed E-state index contributed by atoms with van der Waals surface area (Å²) in [7, 11) is 1.42. The van der Waals surface area contributed by atoms with Crippen molar-refractivity contribution >= 4 is 18.1 Å². The lowest BCUT2D eigenvalue weighted by Crippen LogP contribution is -2.34. The van der Waals surface area contributed by atoms with Crippen LogP contribution in [0.15, 0.2) is 18.2 Å². The van der Waals surface area contributed by atoms with Crippen molar-refractivity contribution in [3.05, 3.63) is 33.9 Å². The molecule has 1 aromatic rings. The topological polar surface area (TPSA) is 73.6 Å². The van der Waals surface area contributed by atoms with Crippen LogP contribution in [0.4, 0.5) is 5.69 Å². The van der Waals surface area contributed by atoms with Gasteiger partial charge in [0.15, 0.2) is 5.75 Å². The summed E-state index contributed by atoms with van der Waals surface area (Å²) >= 11 is 0. The van der Waals surface area contributed by atoms with Gasteiger partial charge in [-0.15, -0.1) is 12.4 Å². The van der Waals surface area contributed by atoms with E-state index in [9.17, 15) is 10.1 Å². The van der Waals surface area contributed by atoms with Crippen molar-refractivity contribution < 1.29 is 14.4 Å². The van der Waals surface area contributed by atoms with Crippen LogP contribution >= 0.6 is 12.4 Å². The highest BCUT2D eigenvalue weighted by Crippen LogP contribution is 2.30. The van der Waals surface area contributed by atoms with Crippen LogP contribution in [-0.4, -0.2) is 31.8 Å². The zero-order valence-corrected chi connectivity index (χ0v) is 10.7. The summed E-state index contributed by atoms with van der Waals surface area (Å²) in [5.74, 6) is 0.274. The minimum Gasteiger partial charge on any atom is -0.490 e. The molecule has 1 heterocycles. The van der Waals surface area contributed by atoms with Crippen molar-refractivity contribution in [1.82, 2.24) is 5.32 Å². The van der Waals surface area contributed by atoms with Gasteiger partial charge in [0.2, 0.25) is 0 Å². The van der Waals surface area contributed by atoms with Crippen LogP contribution in [0, 0.1) is 10.1 Å². The van der Waals surface area contributed by atoms with Crippen LogP contribution in [0.1, 0.15) is 11.6 Å². The molecule has 0 amide bonds. The molecule has 100 valence electrons. The van der Waals surface area contributed by atoms with Crippen LogP contribution < -0.4 is 10.1 Å². The first kappa shape index (κ1) is 14.7. The molecule has 0 aromatic heterocycles. The molecule has 0 aliphatic carbocycles. The fourth-order valence-corrected chi connectivity index (χ4v) is 1.85. The number of nitrogens with one attached hydrogen (secondary N) is 1. The van der Waals surface area contributed by atoms with Gasteiger partial charge in [0.05, 0.1) is 31.3 Å². The Morgan fingerprint density at radius 3 is 2.89 bits per heavy atom. The summed E-state index contributed by atoms with van der Waals surface area (Å²) in [6.45, 7) is 1.96. The van der Waals surface area contributed by atoms with E-state index < -0.39 is 4.92 Å². The van der Waals surface area contributed by atoms with Crippen molar-refractivity contribution in [1.29, 1.82) is 0 Å². The molecule has 0 saturated carbocycles. The zero-order chi connectivity index (χ0) is 12.3. The summed E-state index contributed by atoms with van der Waals surface area (Å²) in [6.07, 6.45) is 0. The molecule has 0 bridgehead atoms. The molecule has 0 unspecified atom stereocenters. The third kappa shape index (κ3) is 3.10. The van der Waals surface area contributed by atoms with Gasteiger partial charge < -0.3 is 14.8 Å². The molecule has 1 aromatic carbocycles. The van der Waals surface area contributed by atoms with E-state index in [0.29, 0.717) is 13.2 Å². The van der Waals surface area contributed by atoms with Crippen LogP contribution in [0.5, 0.6) is 5.75 Å². The largest absolute Gasteiger partial charge is 0.490 e. The number of ether oxygens (including phenoxy) is 2. The van der Waals surface area contributed by atoms with Gasteiger partial charge in [-0.3, -0.25) is 10.1 Å². The van der Waals surface area contributed by atoms with E-state index in [1.165, 1.54) is 13.2 Å². The molecule has 18 heavy (non-hydrogen) atoms. The molecule has 0 radical (unpaired) electrons. The first-order valence-electron chi connectivity index (χ1n) is 5.36. The van der Waals surface area contributed by atoms with Gasteiger partial charge in [-0.1, -0.05) is 6.07 Å². The predicted octanol–water partition coefficient (Wildman–Crippen LogP) is 1.69. The van der Waals surface area contributed by atoms with E-state index in [1.54, 1.807) is 6.07 Å². The molecule has 7 heteroatoms. The van der Waals surface area contributed by atoms with Gasteiger partial charge in [0, 0.05) is 12.6 Å². The van der Waals surface area contributed by atoms with Crippen molar-refractivity contribution in [2.45, 2.75) is 6.04 Å². The standard InChI is InChI=1S/C11H14N2O4.ClH/c1-16-11-3-2-8(6-10(11)13(14)15)9-7-17-5-4-12-9;/h2-3,6,9,12H,4-5,7H2,1H3;1H/t9-;/m1./s1. The van der Waals surface area contributed by atoms with Gasteiger partial charge in [-0.25, -0.2) is 0 Å². The summed E-state index contributed by atoms with van der Waals surface area (Å²) in [4.78, 5) is 10.5. The highest BCUT2D eigenvalue weighted by Gasteiger charge is 2.21. The first-order valence-corrected chi connectivity index (χ1v) is 5.36. The molecule has 1 fully saturated rings. The maximum absolute atomic E-state index is 10.9. The second kappa shape index (κ2) is 6.53. The Hall–Kier alpha value is -1.37. The molecule has 6 nitrogen and oxygen atoms in total. The average Bonchev–Trinajstić information content (AvgIpc) is 2.39. The third-order valence-electron chi connectivity index (χ3n) is 2.72. The van der Waals surface area contributed by atoms with E-state index in [-0.39, 0.29) is 29.9 Å². The van der Waals surface area contributed by atoms with Crippen LogP contribution in [0.3, 0.4) is 0 Å². The molecule has 1 aliphatic rings. The first-order chi connectivity index (χ1) is 8.22. The maximum Gasteiger partial charge on any atom is 0.311 e. The highest BCUT2D eigenvalue weighted by atomic mass is 35.5. The second-order valence-electron chi connectivity index (χ2n) is 3.77. The normalized spacial score (nSPS) is 18.8. The van der Waals surface area contributed by atoms with E-state index in [0.717, 1.165) is 12.1 Å². The summed E-state index contributed by atoms with van der Waals surface area (Å²) in [6, 6.07) is 4.97. The number of hydrogen-bond donors (Lipinski definition) is 1. The lowest BCUT2D eigenvalue weighted by molar-refractivity contribution is -0.385. The fraction of sp³-hybridized carbons (Fsp3) is 0.455. The number of benzene rings is 1. The lowest BCUT2D eigenvalue weighted by Gasteiger charge is -2.24. The summed E-state index contributed by atoms with van der Waals surface area (Å²) < 4.78 is 10.3. The van der Waals surface area contributed by atoms with Crippen molar-refractivity contribution in [3.8, 4) is 5.75 Å². The van der Waals surface area contributed by atoms with E-state index in [4.69, 9.17) is 9.47 Å². The Morgan fingerprint density at radius 2 is 2.33 bits per heavy atom. The molecule has 1 atom stereocenters. The predicted molar refractivity (Wildman–Crippen MR) is 68.5 cm³/mol. The van der Waals surface area contributed by atoms with Crippen LogP contribution in [0.25, 0.3) is 0 Å². The number of methoxy groups -OCH3 is 1. The highest BCUT2D eigenvalue weighted by molar-refractivity contribution is 5.85. The maximum atomic E-state index is 10.9. The number of hydrogen-bond acceptors (Lipinski definition) is 5. The monoisotopic (exact) mass is 274 g/mol. The lowest BCUT2D eigenvalue weighted by atomic mass is 10.1. The fourth-order valence-electron chi connectivity index (χ4n) is 1.85. The zero-order valence-electron chi connectivity index (χ0n) is 9.92. The smallest absolute Gasteiger partial charge is 0.311 e. The Morgan fingerprint density at radius 1 is 1.56 bits per heavy atom. The molecular formula is C11H15ClN2O4. The SMILES string of the molecule is COc1ccc([C@H]2COCCN2)cc1[N+](=O)[O-].Cl. The number of nitro groups is 1. The van der Waals surface area contributed by atoms with Crippen molar-refractivity contribution in [2.75, 3.05) is 26.9 Å². The summed E-state index contributed by atoms with van der Waals surface area (Å²) in [5.41, 5.74) is 0.828. The van der Waals surface area contributed by atoms with Gasteiger partial charge in [0.1, 0.15) is 0 Å². The van der Waals surface area contributed by atoms with Gasteiger partial charge in [-0.2, -0.15) is 0 Å². The number of nitro benzene ring substituents is 1. The molecule has 1 saturated heterocycles. The Bertz CT molecular complexity index is 422. The Kier molecular flexibility index (Phi) is 5.33. The second-order valence-corrected chi connectivity index (χ2v) is 3.77. The van der Waals surface area contributed by atoms with Crippen LogP contribution in [0.2, 0.25) is 0 Å². The number of halogens is 1. The van der Waals surface area contributed by atoms with Crippen molar-refractivity contribution in [3.63, 3.8) is 0 Å². The third-order valence-corrected chi connectivity index (χ3v) is 2.72. The van der Waals surface area contributed by atoms with Gasteiger partial charge in [-0.05, 0) is 11.6 Å². The molecular weight excluding hydrogens is 260 g/mol. The van der Waals surface area contributed by atoms with Gasteiger partial charge in [0.25, 0.3) is 0 Å². The van der Waals surface area contributed by atoms with Crippen LogP contribution in [-0.2, 0) is 4.74 Å². The Labute approximate surface area is 111 Å². The van der Waals surface area contributed by atoms with E-state index >= 15 is 0 Å². The van der Waals surface area contributed by atoms with E-state index in [1.807, 2.05) is 6.07 Å². The molecule has 2 rings (SSSR count). The minimum absolute atomic E-state index is 0. The molecule has 1 N–H and O–H groups in total. The van der Waals surface area contributed by atoms with Crippen molar-refractivity contribution in [2.24, 2.45) is 0 Å². The Balaban J connectivity index is 0.00000162. The minimum atomic E-state index is -0.438. The molecule has 1 aliphatic heterocycles. The number of rotatable bonds is 3.